The first-order valence-corrected chi connectivity index (χ1v) is 4.34. The summed E-state index contributed by atoms with van der Waals surface area (Å²) in [5, 5.41) is 6.71. The van der Waals surface area contributed by atoms with E-state index in [1.165, 1.54) is 18.2 Å². The first-order valence-electron chi connectivity index (χ1n) is 2.86. The summed E-state index contributed by atoms with van der Waals surface area (Å²) in [5.74, 6) is 0. The van der Waals surface area contributed by atoms with E-state index in [2.05, 4.69) is 0 Å². The summed E-state index contributed by atoms with van der Waals surface area (Å²) in [5.41, 5.74) is 5.42. The Bertz CT molecular complexity index is 364. The fourth-order valence-electron chi connectivity index (χ4n) is 0.725. The van der Waals surface area contributed by atoms with Gasteiger partial charge in [0.15, 0.2) is 0 Å². The van der Waals surface area contributed by atoms with Crippen molar-refractivity contribution in [2.24, 2.45) is 0 Å². The van der Waals surface area contributed by atoms with Crippen molar-refractivity contribution in [1.29, 1.82) is 0 Å². The molecule has 0 aliphatic carbocycles. The molecule has 1 rings (SSSR count). The van der Waals surface area contributed by atoms with Gasteiger partial charge in [-0.2, -0.15) is 0 Å². The van der Waals surface area contributed by atoms with Crippen LogP contribution in [0.15, 0.2) is 29.2 Å². The summed E-state index contributed by atoms with van der Waals surface area (Å²) in [4.78, 5) is -0.139. The largest absolute Gasteiger partial charge is 1.00 e. The second-order valence-corrected chi connectivity index (χ2v) is 3.49. The summed E-state index contributed by atoms with van der Waals surface area (Å²) in [6.07, 6.45) is 0. The van der Waals surface area contributed by atoms with Crippen LogP contribution in [0.5, 0.6) is 0 Å². The molecular formula is C6H7N2NaO2S. The second-order valence-electron chi connectivity index (χ2n) is 2.04. The molecule has 0 saturated carbocycles. The average Bonchev–Trinajstić information content (AvgIpc) is 1.86. The van der Waals surface area contributed by atoms with E-state index in [1.54, 1.807) is 6.07 Å². The zero-order valence-corrected chi connectivity index (χ0v) is 9.43. The van der Waals surface area contributed by atoms with E-state index in [1.807, 2.05) is 0 Å². The van der Waals surface area contributed by atoms with Crippen molar-refractivity contribution in [1.82, 2.24) is 0 Å². The van der Waals surface area contributed by atoms with Crippen LogP contribution in [0.3, 0.4) is 0 Å². The molecule has 0 aliphatic heterocycles. The minimum atomic E-state index is -3.91. The summed E-state index contributed by atoms with van der Waals surface area (Å²) in [6.45, 7) is 0. The molecule has 0 unspecified atom stereocenters. The maximum absolute atomic E-state index is 10.6. The summed E-state index contributed by atoms with van der Waals surface area (Å²) in [7, 11) is -3.91. The Morgan fingerprint density at radius 1 is 1.25 bits per heavy atom. The normalized spacial score (nSPS) is 10.4. The Kier molecular flexibility index (Phi) is 4.22. The summed E-state index contributed by atoms with van der Waals surface area (Å²) in [6, 6.07) is 5.89. The molecule has 0 amide bonds. The number of nitrogens with one attached hydrogen (secondary N) is 1. The van der Waals surface area contributed by atoms with Gasteiger partial charge in [0.2, 0.25) is 0 Å². The van der Waals surface area contributed by atoms with E-state index in [9.17, 15) is 8.42 Å². The molecular weight excluding hydrogens is 187 g/mol. The van der Waals surface area contributed by atoms with Crippen molar-refractivity contribution in [3.63, 3.8) is 0 Å². The van der Waals surface area contributed by atoms with Crippen LogP contribution < -0.4 is 35.3 Å². The summed E-state index contributed by atoms with van der Waals surface area (Å²) >= 11 is 0. The van der Waals surface area contributed by atoms with Crippen LogP contribution in [-0.2, 0) is 10.0 Å². The number of anilines is 1. The number of nitrogens with two attached hydrogens (primary N) is 1. The fraction of sp³-hybridized carbons (Fsp3) is 0. The smallest absolute Gasteiger partial charge is 0.560 e. The predicted molar refractivity (Wildman–Crippen MR) is 42.4 cm³/mol. The van der Waals surface area contributed by atoms with Crippen LogP contribution in [-0.4, -0.2) is 8.42 Å². The molecule has 0 saturated heterocycles. The number of hydrogen-bond acceptors (Lipinski definition) is 3. The van der Waals surface area contributed by atoms with E-state index in [0.29, 0.717) is 0 Å². The number of hydrogen-bond donors (Lipinski definition) is 1. The molecule has 3 N–H and O–H groups in total. The number of para-hydroxylation sites is 1. The predicted octanol–water partition coefficient (Wildman–Crippen LogP) is -1.99. The van der Waals surface area contributed by atoms with Gasteiger partial charge < -0.3 is 10.9 Å². The Balaban J connectivity index is 0.00000121. The quantitative estimate of drug-likeness (QED) is 0.415. The van der Waals surface area contributed by atoms with E-state index >= 15 is 0 Å². The Labute approximate surface area is 93.3 Å². The van der Waals surface area contributed by atoms with Crippen LogP contribution in [0.25, 0.3) is 5.14 Å². The first kappa shape index (κ1) is 11.9. The molecule has 60 valence electrons. The molecule has 0 spiro atoms. The van der Waals surface area contributed by atoms with Gasteiger partial charge in [0, 0.05) is 5.69 Å². The van der Waals surface area contributed by atoms with Crippen LogP contribution in [0.4, 0.5) is 5.69 Å². The van der Waals surface area contributed by atoms with Gasteiger partial charge in [-0.15, -0.1) is 0 Å². The van der Waals surface area contributed by atoms with Crippen molar-refractivity contribution >= 4 is 15.7 Å². The van der Waals surface area contributed by atoms with Crippen molar-refractivity contribution in [2.75, 3.05) is 5.73 Å². The molecule has 4 nitrogen and oxygen atoms in total. The van der Waals surface area contributed by atoms with Gasteiger partial charge in [-0.3, -0.25) is 0 Å². The average molecular weight is 194 g/mol. The molecule has 0 aromatic heterocycles. The van der Waals surface area contributed by atoms with Gasteiger partial charge in [0.05, 0.1) is 4.90 Å². The van der Waals surface area contributed by atoms with Crippen molar-refractivity contribution in [3.8, 4) is 0 Å². The van der Waals surface area contributed by atoms with E-state index in [-0.39, 0.29) is 40.1 Å². The summed E-state index contributed by atoms with van der Waals surface area (Å²) < 4.78 is 21.3. The topological polar surface area (TPSA) is 84.0 Å². The molecule has 6 heteroatoms. The van der Waals surface area contributed by atoms with Crippen molar-refractivity contribution in [2.45, 2.75) is 4.90 Å². The Morgan fingerprint density at radius 3 is 2.08 bits per heavy atom. The van der Waals surface area contributed by atoms with Gasteiger partial charge in [-0.05, 0) is 12.1 Å². The number of benzene rings is 1. The van der Waals surface area contributed by atoms with Gasteiger partial charge in [0.1, 0.15) is 10.0 Å². The van der Waals surface area contributed by atoms with Gasteiger partial charge in [0.25, 0.3) is 0 Å². The van der Waals surface area contributed by atoms with E-state index in [0.717, 1.165) is 0 Å². The van der Waals surface area contributed by atoms with Crippen molar-refractivity contribution in [3.05, 3.63) is 29.4 Å². The standard InChI is InChI=1S/C6H7N2O2S.Na/c7-5-3-1-2-4-6(5)11(8,9)10;/h1-4H,7H2,(H-,8,9,10);/q-1;+1. The van der Waals surface area contributed by atoms with E-state index in [4.69, 9.17) is 10.9 Å². The van der Waals surface area contributed by atoms with Crippen LogP contribution in [0.2, 0.25) is 0 Å². The monoisotopic (exact) mass is 194 g/mol. The SMILES string of the molecule is [NH-]S(=O)(=O)c1ccccc1N.[Na+]. The van der Waals surface area contributed by atoms with E-state index < -0.39 is 10.0 Å². The van der Waals surface area contributed by atoms with Gasteiger partial charge in [-0.1, -0.05) is 12.1 Å². The van der Waals surface area contributed by atoms with Gasteiger partial charge >= 0.3 is 29.6 Å². The fourth-order valence-corrected chi connectivity index (χ4v) is 1.36. The zero-order valence-electron chi connectivity index (χ0n) is 6.61. The zero-order chi connectivity index (χ0) is 8.48. The van der Waals surface area contributed by atoms with Crippen molar-refractivity contribution < 1.29 is 38.0 Å². The first-order chi connectivity index (χ1) is 5.02. The molecule has 0 fully saturated rings. The minimum Gasteiger partial charge on any atom is -0.560 e. The molecule has 12 heavy (non-hydrogen) atoms. The van der Waals surface area contributed by atoms with Crippen LogP contribution >= 0.6 is 0 Å². The Morgan fingerprint density at radius 2 is 1.75 bits per heavy atom. The third-order valence-corrected chi connectivity index (χ3v) is 2.16. The second kappa shape index (κ2) is 4.25. The molecule has 0 radical (unpaired) electrons. The molecule has 1 aromatic carbocycles. The molecule has 0 atom stereocenters. The minimum absolute atomic E-state index is 0. The maximum atomic E-state index is 10.6. The maximum Gasteiger partial charge on any atom is 1.00 e. The molecule has 0 heterocycles. The third-order valence-electron chi connectivity index (χ3n) is 1.21. The molecule has 1 aromatic rings. The number of sulfonamides is 1. The van der Waals surface area contributed by atoms with Crippen LogP contribution in [0, 0.1) is 0 Å². The Hall–Kier alpha value is -0.0700. The molecule has 0 bridgehead atoms. The number of nitrogen functional groups attached to an aromatic ring is 1. The molecule has 0 aliphatic rings. The number of rotatable bonds is 1. The van der Waals surface area contributed by atoms with Crippen LogP contribution in [0.1, 0.15) is 0 Å². The van der Waals surface area contributed by atoms with Gasteiger partial charge in [-0.25, -0.2) is 8.42 Å². The third kappa shape index (κ3) is 2.76.